The van der Waals surface area contributed by atoms with E-state index in [1.54, 1.807) is 4.90 Å². The Morgan fingerprint density at radius 1 is 1.40 bits per heavy atom. The van der Waals surface area contributed by atoms with Crippen LogP contribution < -0.4 is 5.32 Å². The standard InChI is InChI=1S/C15H19N3O2/c1-17-9-7-12-13(5-2-6-14(12)17)16-15(20)18-8-3-4-11(19)10-18/h2,5-7,9,11,19H,3-4,8,10H2,1H3,(H,16,20)/t11-/m1/s1. The Morgan fingerprint density at radius 3 is 3.05 bits per heavy atom. The number of likely N-dealkylation sites (tertiary alicyclic amines) is 1. The highest BCUT2D eigenvalue weighted by Crippen LogP contribution is 2.24. The van der Waals surface area contributed by atoms with Crippen LogP contribution in [0.4, 0.5) is 10.5 Å². The van der Waals surface area contributed by atoms with Crippen LogP contribution in [0.3, 0.4) is 0 Å². The SMILES string of the molecule is Cn1ccc2c(NC(=O)N3CCC[C@@H](O)C3)cccc21. The number of aromatic nitrogens is 1. The summed E-state index contributed by atoms with van der Waals surface area (Å²) in [5, 5.41) is 13.6. The van der Waals surface area contributed by atoms with Crippen molar-refractivity contribution in [3.63, 3.8) is 0 Å². The minimum Gasteiger partial charge on any atom is -0.391 e. The topological polar surface area (TPSA) is 57.5 Å². The number of hydrogen-bond acceptors (Lipinski definition) is 2. The zero-order valence-electron chi connectivity index (χ0n) is 11.5. The number of urea groups is 1. The van der Waals surface area contributed by atoms with Crippen molar-refractivity contribution in [2.24, 2.45) is 7.05 Å². The Labute approximate surface area is 117 Å². The van der Waals surface area contributed by atoms with Crippen LogP contribution in [0.15, 0.2) is 30.5 Å². The molecule has 0 spiro atoms. The quantitative estimate of drug-likeness (QED) is 0.836. The number of carbonyl (C=O) groups is 1. The number of fused-ring (bicyclic) bond motifs is 1. The smallest absolute Gasteiger partial charge is 0.321 e. The van der Waals surface area contributed by atoms with Gasteiger partial charge in [-0.15, -0.1) is 0 Å². The number of piperidine rings is 1. The van der Waals surface area contributed by atoms with Crippen molar-refractivity contribution in [1.82, 2.24) is 9.47 Å². The number of carbonyl (C=O) groups excluding carboxylic acids is 1. The number of rotatable bonds is 1. The van der Waals surface area contributed by atoms with Gasteiger partial charge in [0.05, 0.1) is 11.8 Å². The van der Waals surface area contributed by atoms with Gasteiger partial charge in [-0.1, -0.05) is 6.07 Å². The van der Waals surface area contributed by atoms with E-state index in [1.165, 1.54) is 0 Å². The summed E-state index contributed by atoms with van der Waals surface area (Å²) in [6.07, 6.45) is 3.20. The monoisotopic (exact) mass is 273 g/mol. The van der Waals surface area contributed by atoms with Crippen LogP contribution in [0, 0.1) is 0 Å². The van der Waals surface area contributed by atoms with E-state index in [0.29, 0.717) is 13.1 Å². The van der Waals surface area contributed by atoms with E-state index in [9.17, 15) is 9.90 Å². The largest absolute Gasteiger partial charge is 0.391 e. The maximum atomic E-state index is 12.3. The second-order valence-corrected chi connectivity index (χ2v) is 5.34. The third-order valence-corrected chi connectivity index (χ3v) is 3.85. The fourth-order valence-corrected chi connectivity index (χ4v) is 2.74. The number of amides is 2. The number of nitrogens with zero attached hydrogens (tertiary/aromatic N) is 2. The van der Waals surface area contributed by atoms with Crippen LogP contribution in [0.5, 0.6) is 0 Å². The normalized spacial score (nSPS) is 19.3. The zero-order valence-corrected chi connectivity index (χ0v) is 11.5. The van der Waals surface area contributed by atoms with Gasteiger partial charge in [-0.3, -0.25) is 0 Å². The molecule has 0 saturated carbocycles. The molecule has 1 aliphatic rings. The summed E-state index contributed by atoms with van der Waals surface area (Å²) >= 11 is 0. The number of β-amino-alcohol motifs (C(OH)–C–C–N with tert-alkyl or cyclic N) is 1. The molecule has 0 bridgehead atoms. The lowest BCUT2D eigenvalue weighted by Crippen LogP contribution is -2.44. The average molecular weight is 273 g/mol. The Kier molecular flexibility index (Phi) is 3.36. The third kappa shape index (κ3) is 2.36. The lowest BCUT2D eigenvalue weighted by molar-refractivity contribution is 0.0883. The Bertz CT molecular complexity index is 635. The number of hydrogen-bond donors (Lipinski definition) is 2. The summed E-state index contributed by atoms with van der Waals surface area (Å²) in [7, 11) is 1.98. The van der Waals surface area contributed by atoms with E-state index in [1.807, 2.05) is 42.1 Å². The molecule has 1 aromatic carbocycles. The summed E-state index contributed by atoms with van der Waals surface area (Å²) in [5.74, 6) is 0. The molecule has 2 aromatic rings. The van der Waals surface area contributed by atoms with Crippen molar-refractivity contribution in [3.05, 3.63) is 30.5 Å². The first kappa shape index (κ1) is 13.0. The van der Waals surface area contributed by atoms with Gasteiger partial charge in [0.1, 0.15) is 0 Å². The first-order valence-corrected chi connectivity index (χ1v) is 6.93. The van der Waals surface area contributed by atoms with Crippen molar-refractivity contribution < 1.29 is 9.90 Å². The summed E-state index contributed by atoms with van der Waals surface area (Å²) in [6.45, 7) is 1.12. The van der Waals surface area contributed by atoms with Gasteiger partial charge in [-0.05, 0) is 31.0 Å². The van der Waals surface area contributed by atoms with E-state index in [0.717, 1.165) is 29.4 Å². The van der Waals surface area contributed by atoms with Crippen LogP contribution in [-0.4, -0.2) is 39.8 Å². The number of aryl methyl sites for hydroxylation is 1. The van der Waals surface area contributed by atoms with E-state index >= 15 is 0 Å². The molecule has 2 heterocycles. The molecular formula is C15H19N3O2. The number of benzene rings is 1. The molecule has 2 amide bonds. The van der Waals surface area contributed by atoms with Crippen LogP contribution in [0.2, 0.25) is 0 Å². The molecule has 1 fully saturated rings. The molecule has 1 saturated heterocycles. The molecule has 5 nitrogen and oxygen atoms in total. The summed E-state index contributed by atoms with van der Waals surface area (Å²) in [4.78, 5) is 13.9. The molecule has 1 aliphatic heterocycles. The fraction of sp³-hybridized carbons (Fsp3) is 0.400. The number of aliphatic hydroxyl groups is 1. The predicted octanol–water partition coefficient (Wildman–Crippen LogP) is 2.17. The molecule has 20 heavy (non-hydrogen) atoms. The lowest BCUT2D eigenvalue weighted by atomic mass is 10.1. The average Bonchev–Trinajstić information content (AvgIpc) is 2.82. The molecule has 0 aliphatic carbocycles. The van der Waals surface area contributed by atoms with Gasteiger partial charge in [0.2, 0.25) is 0 Å². The van der Waals surface area contributed by atoms with E-state index in [4.69, 9.17) is 0 Å². The molecule has 1 atom stereocenters. The van der Waals surface area contributed by atoms with E-state index < -0.39 is 6.10 Å². The summed E-state index contributed by atoms with van der Waals surface area (Å²) in [5.41, 5.74) is 1.90. The second-order valence-electron chi connectivity index (χ2n) is 5.34. The van der Waals surface area contributed by atoms with Gasteiger partial charge in [-0.2, -0.15) is 0 Å². The number of anilines is 1. The number of nitrogens with one attached hydrogen (secondary N) is 1. The van der Waals surface area contributed by atoms with Crippen LogP contribution in [0.1, 0.15) is 12.8 Å². The highest BCUT2D eigenvalue weighted by molar-refractivity contribution is 6.00. The van der Waals surface area contributed by atoms with Crippen LogP contribution in [-0.2, 0) is 7.05 Å². The van der Waals surface area contributed by atoms with Gasteiger partial charge >= 0.3 is 6.03 Å². The van der Waals surface area contributed by atoms with E-state index in [2.05, 4.69) is 5.32 Å². The lowest BCUT2D eigenvalue weighted by Gasteiger charge is -2.30. The highest BCUT2D eigenvalue weighted by atomic mass is 16.3. The van der Waals surface area contributed by atoms with Gasteiger partial charge < -0.3 is 19.9 Å². The van der Waals surface area contributed by atoms with Crippen molar-refractivity contribution in [2.45, 2.75) is 18.9 Å². The second kappa shape index (κ2) is 5.17. The van der Waals surface area contributed by atoms with Crippen molar-refractivity contribution in [2.75, 3.05) is 18.4 Å². The summed E-state index contributed by atoms with van der Waals surface area (Å²) in [6, 6.07) is 7.72. The van der Waals surface area contributed by atoms with Crippen LogP contribution in [0.25, 0.3) is 10.9 Å². The molecule has 5 heteroatoms. The molecule has 0 radical (unpaired) electrons. The van der Waals surface area contributed by atoms with Gasteiger partial charge in [-0.25, -0.2) is 4.79 Å². The Hall–Kier alpha value is -2.01. The van der Waals surface area contributed by atoms with Crippen molar-refractivity contribution >= 4 is 22.6 Å². The minimum atomic E-state index is -0.401. The zero-order chi connectivity index (χ0) is 14.1. The Balaban J connectivity index is 1.80. The minimum absolute atomic E-state index is 0.139. The molecule has 2 N–H and O–H groups in total. The van der Waals surface area contributed by atoms with Gasteiger partial charge in [0.15, 0.2) is 0 Å². The first-order chi connectivity index (χ1) is 9.65. The predicted molar refractivity (Wildman–Crippen MR) is 78.8 cm³/mol. The van der Waals surface area contributed by atoms with E-state index in [-0.39, 0.29) is 6.03 Å². The molecule has 106 valence electrons. The van der Waals surface area contributed by atoms with Gasteiger partial charge in [0, 0.05) is 37.2 Å². The first-order valence-electron chi connectivity index (χ1n) is 6.93. The maximum Gasteiger partial charge on any atom is 0.321 e. The Morgan fingerprint density at radius 2 is 2.25 bits per heavy atom. The third-order valence-electron chi connectivity index (χ3n) is 3.85. The van der Waals surface area contributed by atoms with Gasteiger partial charge in [0.25, 0.3) is 0 Å². The molecule has 3 rings (SSSR count). The number of aliphatic hydroxyl groups excluding tert-OH is 1. The van der Waals surface area contributed by atoms with Crippen LogP contribution >= 0.6 is 0 Å². The van der Waals surface area contributed by atoms with Crippen molar-refractivity contribution in [1.29, 1.82) is 0 Å². The highest BCUT2D eigenvalue weighted by Gasteiger charge is 2.22. The molecular weight excluding hydrogens is 254 g/mol. The fourth-order valence-electron chi connectivity index (χ4n) is 2.74. The van der Waals surface area contributed by atoms with Crippen molar-refractivity contribution in [3.8, 4) is 0 Å². The summed E-state index contributed by atoms with van der Waals surface area (Å²) < 4.78 is 2.02. The maximum absolute atomic E-state index is 12.3. The molecule has 0 unspecified atom stereocenters. The molecule has 1 aromatic heterocycles.